The molecule has 1 aliphatic rings. The summed E-state index contributed by atoms with van der Waals surface area (Å²) < 4.78 is 12.7. The molecule has 0 aromatic heterocycles. The number of anilines is 1. The lowest BCUT2D eigenvalue weighted by Gasteiger charge is -2.14. The van der Waals surface area contributed by atoms with Crippen molar-refractivity contribution in [2.75, 3.05) is 11.4 Å². The van der Waals surface area contributed by atoms with E-state index in [0.717, 1.165) is 11.0 Å². The first-order chi connectivity index (χ1) is 7.08. The van der Waals surface area contributed by atoms with Crippen LogP contribution in [0.5, 0.6) is 0 Å². The molecule has 1 N–H and O–H groups in total. The summed E-state index contributed by atoms with van der Waals surface area (Å²) in [5, 5.41) is 2.20. The van der Waals surface area contributed by atoms with Crippen LogP contribution in [0, 0.1) is 5.82 Å². The topological polar surface area (TPSA) is 49.4 Å². The molecule has 1 aromatic rings. The summed E-state index contributed by atoms with van der Waals surface area (Å²) in [6.07, 6.45) is 0. The highest BCUT2D eigenvalue weighted by atomic mass is 35.5. The van der Waals surface area contributed by atoms with Crippen LogP contribution >= 0.6 is 11.6 Å². The molecule has 3 amide bonds. The minimum absolute atomic E-state index is 0.0931. The predicted octanol–water partition coefficient (Wildman–Crippen LogP) is 1.54. The number of benzene rings is 1. The maximum Gasteiger partial charge on any atom is 0.329 e. The molecule has 1 aromatic carbocycles. The number of hydrogen-bond donors (Lipinski definition) is 1. The SMILES string of the molecule is O=C1CN(c2ccc(F)cc2Cl)C(=O)N1. The molecule has 1 aliphatic heterocycles. The lowest BCUT2D eigenvalue weighted by atomic mass is 10.3. The van der Waals surface area contributed by atoms with Gasteiger partial charge >= 0.3 is 6.03 Å². The fourth-order valence-electron chi connectivity index (χ4n) is 1.34. The van der Waals surface area contributed by atoms with E-state index in [1.54, 1.807) is 0 Å². The summed E-state index contributed by atoms with van der Waals surface area (Å²) in [7, 11) is 0. The lowest BCUT2D eigenvalue weighted by Crippen LogP contribution is -2.28. The fourth-order valence-corrected chi connectivity index (χ4v) is 1.61. The molecule has 1 heterocycles. The van der Waals surface area contributed by atoms with E-state index in [9.17, 15) is 14.0 Å². The highest BCUT2D eigenvalue weighted by Crippen LogP contribution is 2.27. The van der Waals surface area contributed by atoms with Gasteiger partial charge < -0.3 is 0 Å². The number of nitrogens with one attached hydrogen (secondary N) is 1. The van der Waals surface area contributed by atoms with Crippen LogP contribution in [0.15, 0.2) is 18.2 Å². The zero-order chi connectivity index (χ0) is 11.0. The van der Waals surface area contributed by atoms with E-state index in [4.69, 9.17) is 11.6 Å². The molecule has 0 aliphatic carbocycles. The minimum atomic E-state index is -0.548. The molecule has 0 unspecified atom stereocenters. The Kier molecular flexibility index (Phi) is 2.32. The molecular formula is C9H6ClFN2O2. The van der Waals surface area contributed by atoms with Crippen molar-refractivity contribution in [3.05, 3.63) is 29.0 Å². The Morgan fingerprint density at radius 1 is 1.40 bits per heavy atom. The van der Waals surface area contributed by atoms with Gasteiger partial charge in [0.15, 0.2) is 0 Å². The monoisotopic (exact) mass is 228 g/mol. The molecule has 0 radical (unpaired) electrons. The highest BCUT2D eigenvalue weighted by molar-refractivity contribution is 6.34. The number of halogens is 2. The van der Waals surface area contributed by atoms with Gasteiger partial charge in [0.25, 0.3) is 0 Å². The number of urea groups is 1. The second-order valence-corrected chi connectivity index (χ2v) is 3.44. The van der Waals surface area contributed by atoms with Gasteiger partial charge in [-0.1, -0.05) is 11.6 Å². The first-order valence-corrected chi connectivity index (χ1v) is 4.52. The molecule has 0 spiro atoms. The molecule has 78 valence electrons. The summed E-state index contributed by atoms with van der Waals surface area (Å²) in [4.78, 5) is 23.3. The van der Waals surface area contributed by atoms with Crippen molar-refractivity contribution in [3.8, 4) is 0 Å². The van der Waals surface area contributed by atoms with Gasteiger partial charge in [-0.2, -0.15) is 0 Å². The molecule has 0 bridgehead atoms. The molecule has 6 heteroatoms. The van der Waals surface area contributed by atoms with Crippen LogP contribution in [-0.4, -0.2) is 18.5 Å². The number of amides is 3. The summed E-state index contributed by atoms with van der Waals surface area (Å²) in [5.74, 6) is -0.893. The van der Waals surface area contributed by atoms with Crippen LogP contribution < -0.4 is 10.2 Å². The van der Waals surface area contributed by atoms with Crippen molar-refractivity contribution in [2.24, 2.45) is 0 Å². The number of imide groups is 1. The van der Waals surface area contributed by atoms with Crippen molar-refractivity contribution < 1.29 is 14.0 Å². The Morgan fingerprint density at radius 2 is 2.13 bits per heavy atom. The first kappa shape index (κ1) is 9.92. The maximum absolute atomic E-state index is 12.7. The zero-order valence-electron chi connectivity index (χ0n) is 7.46. The van der Waals surface area contributed by atoms with Gasteiger partial charge in [0.1, 0.15) is 12.4 Å². The van der Waals surface area contributed by atoms with Crippen LogP contribution in [0.25, 0.3) is 0 Å². The van der Waals surface area contributed by atoms with Crippen molar-refractivity contribution in [3.63, 3.8) is 0 Å². The van der Waals surface area contributed by atoms with Crippen LogP contribution in [-0.2, 0) is 4.79 Å². The molecule has 0 saturated carbocycles. The van der Waals surface area contributed by atoms with Crippen LogP contribution in [0.4, 0.5) is 14.9 Å². The second-order valence-electron chi connectivity index (χ2n) is 3.04. The van der Waals surface area contributed by atoms with Crippen molar-refractivity contribution >= 4 is 29.2 Å². The number of carbonyl (C=O) groups is 2. The van der Waals surface area contributed by atoms with E-state index in [2.05, 4.69) is 5.32 Å². The summed E-state index contributed by atoms with van der Waals surface area (Å²) >= 11 is 5.75. The van der Waals surface area contributed by atoms with E-state index >= 15 is 0 Å². The fraction of sp³-hybridized carbons (Fsp3) is 0.111. The Labute approximate surface area is 89.6 Å². The number of nitrogens with zero attached hydrogens (tertiary/aromatic N) is 1. The summed E-state index contributed by atoms with van der Waals surface area (Å²) in [5.41, 5.74) is 0.321. The predicted molar refractivity (Wildman–Crippen MR) is 52.3 cm³/mol. The third kappa shape index (κ3) is 1.78. The molecule has 0 atom stereocenters. The van der Waals surface area contributed by atoms with Crippen LogP contribution in [0.2, 0.25) is 5.02 Å². The largest absolute Gasteiger partial charge is 0.329 e. The molecule has 4 nitrogen and oxygen atoms in total. The van der Waals surface area contributed by atoms with Crippen molar-refractivity contribution in [2.45, 2.75) is 0 Å². The van der Waals surface area contributed by atoms with Crippen molar-refractivity contribution in [1.29, 1.82) is 0 Å². The Balaban J connectivity index is 2.38. The molecule has 2 rings (SSSR count). The minimum Gasteiger partial charge on any atom is -0.283 e. The summed E-state index contributed by atoms with van der Waals surface area (Å²) in [6, 6.07) is 3.08. The highest BCUT2D eigenvalue weighted by Gasteiger charge is 2.29. The average molecular weight is 229 g/mol. The van der Waals surface area contributed by atoms with Gasteiger partial charge in [-0.3, -0.25) is 15.0 Å². The maximum atomic E-state index is 12.7. The van der Waals surface area contributed by atoms with Crippen LogP contribution in [0.1, 0.15) is 0 Å². The van der Waals surface area contributed by atoms with E-state index < -0.39 is 17.8 Å². The Hall–Kier alpha value is -1.62. The van der Waals surface area contributed by atoms with Gasteiger partial charge in [0.05, 0.1) is 10.7 Å². The second kappa shape index (κ2) is 3.51. The first-order valence-electron chi connectivity index (χ1n) is 4.14. The van der Waals surface area contributed by atoms with E-state index in [1.165, 1.54) is 12.1 Å². The Morgan fingerprint density at radius 3 is 2.67 bits per heavy atom. The van der Waals surface area contributed by atoms with Gasteiger partial charge in [-0.05, 0) is 18.2 Å². The number of hydrogen-bond acceptors (Lipinski definition) is 2. The van der Waals surface area contributed by atoms with Crippen LogP contribution in [0.3, 0.4) is 0 Å². The molecular weight excluding hydrogens is 223 g/mol. The molecule has 1 fully saturated rings. The van der Waals surface area contributed by atoms with E-state index in [0.29, 0.717) is 5.69 Å². The molecule has 1 saturated heterocycles. The zero-order valence-corrected chi connectivity index (χ0v) is 8.21. The quantitative estimate of drug-likeness (QED) is 0.742. The van der Waals surface area contributed by atoms with Gasteiger partial charge in [-0.25, -0.2) is 9.18 Å². The normalized spacial score (nSPS) is 15.7. The smallest absolute Gasteiger partial charge is 0.283 e. The number of carbonyl (C=O) groups excluding carboxylic acids is 2. The standard InChI is InChI=1S/C9H6ClFN2O2/c10-6-3-5(11)1-2-7(6)13-4-8(14)12-9(13)15/h1-3H,4H2,(H,12,14,15). The van der Waals surface area contributed by atoms with E-state index in [1.807, 2.05) is 0 Å². The van der Waals surface area contributed by atoms with Gasteiger partial charge in [0, 0.05) is 0 Å². The lowest BCUT2D eigenvalue weighted by molar-refractivity contribution is -0.117. The third-order valence-electron chi connectivity index (χ3n) is 1.99. The van der Waals surface area contributed by atoms with Crippen molar-refractivity contribution in [1.82, 2.24) is 5.32 Å². The van der Waals surface area contributed by atoms with Gasteiger partial charge in [0.2, 0.25) is 5.91 Å². The third-order valence-corrected chi connectivity index (χ3v) is 2.30. The average Bonchev–Trinajstić information content (AvgIpc) is 2.45. The van der Waals surface area contributed by atoms with E-state index in [-0.39, 0.29) is 11.6 Å². The number of rotatable bonds is 1. The summed E-state index contributed by atoms with van der Waals surface area (Å²) in [6.45, 7) is -0.0931. The molecule has 15 heavy (non-hydrogen) atoms. The Bertz CT molecular complexity index is 450. The van der Waals surface area contributed by atoms with Gasteiger partial charge in [-0.15, -0.1) is 0 Å².